The van der Waals surface area contributed by atoms with Crippen LogP contribution in [0.5, 0.6) is 0 Å². The van der Waals surface area contributed by atoms with Crippen molar-refractivity contribution in [3.05, 3.63) is 217 Å². The number of aromatic nitrogens is 4. The van der Waals surface area contributed by atoms with Gasteiger partial charge in [-0.3, -0.25) is 4.90 Å². The van der Waals surface area contributed by atoms with E-state index >= 15 is 0 Å². The first-order valence-corrected chi connectivity index (χ1v) is 22.8. The van der Waals surface area contributed by atoms with E-state index in [0.717, 1.165) is 67.5 Å². The van der Waals surface area contributed by atoms with Crippen LogP contribution in [-0.4, -0.2) is 19.5 Å². The zero-order chi connectivity index (χ0) is 43.7. The van der Waals surface area contributed by atoms with Crippen LogP contribution in [0.1, 0.15) is 42.9 Å². The van der Waals surface area contributed by atoms with Crippen LogP contribution in [0.3, 0.4) is 0 Å². The first-order valence-electron chi connectivity index (χ1n) is 22.8. The van der Waals surface area contributed by atoms with Crippen molar-refractivity contribution in [3.8, 4) is 50.7 Å². The van der Waals surface area contributed by atoms with Crippen LogP contribution in [0.2, 0.25) is 0 Å². The molecule has 0 amide bonds. The van der Waals surface area contributed by atoms with E-state index in [1.54, 1.807) is 0 Å². The highest BCUT2D eigenvalue weighted by atomic mass is 16.3. The maximum absolute atomic E-state index is 6.62. The van der Waals surface area contributed by atoms with Gasteiger partial charge in [-0.1, -0.05) is 153 Å². The Labute approximate surface area is 381 Å². The molecule has 312 valence electrons. The van der Waals surface area contributed by atoms with Crippen LogP contribution in [0.25, 0.3) is 94.5 Å². The number of anilines is 2. The van der Waals surface area contributed by atoms with E-state index in [9.17, 15) is 0 Å². The Balaban J connectivity index is 0.965. The molecular formula is C60H41N5O. The highest BCUT2D eigenvalue weighted by Gasteiger charge is 2.39. The fraction of sp³-hybridized carbons (Fsp3) is 0.0833. The third-order valence-corrected chi connectivity index (χ3v) is 14.3. The second kappa shape index (κ2) is 13.8. The van der Waals surface area contributed by atoms with Gasteiger partial charge in [-0.15, -0.1) is 0 Å². The van der Waals surface area contributed by atoms with Gasteiger partial charge >= 0.3 is 0 Å². The Hall–Kier alpha value is -8.35. The molecule has 11 aromatic rings. The van der Waals surface area contributed by atoms with Crippen molar-refractivity contribution in [3.63, 3.8) is 0 Å². The van der Waals surface area contributed by atoms with Gasteiger partial charge in [-0.2, -0.15) is 9.97 Å². The van der Waals surface area contributed by atoms with E-state index in [-0.39, 0.29) is 11.3 Å². The van der Waals surface area contributed by atoms with Gasteiger partial charge < -0.3 is 8.98 Å². The molecule has 2 aliphatic carbocycles. The summed E-state index contributed by atoms with van der Waals surface area (Å²) in [4.78, 5) is 18.3. The third-order valence-electron chi connectivity index (χ3n) is 14.3. The SMILES string of the molecule is CC1(C)c2ccccc2-c2ccc3c(c21)c1ccccc1n3-c1cccc(-c2nc(-c3ccc4c(c3)oc3cccc(-c5ccccc5)c34)nc(N3C4=CC=CCC4c4ccccc43)n2)c1. The molecule has 14 rings (SSSR count). The smallest absolute Gasteiger partial charge is 0.238 e. The van der Waals surface area contributed by atoms with Crippen LogP contribution in [0.15, 0.2) is 204 Å². The number of allylic oxidation sites excluding steroid dienone is 4. The van der Waals surface area contributed by atoms with Crippen molar-refractivity contribution >= 4 is 55.4 Å². The minimum Gasteiger partial charge on any atom is -0.456 e. The Morgan fingerprint density at radius 1 is 0.561 bits per heavy atom. The van der Waals surface area contributed by atoms with Crippen molar-refractivity contribution in [1.29, 1.82) is 0 Å². The largest absolute Gasteiger partial charge is 0.456 e. The van der Waals surface area contributed by atoms with Crippen molar-refractivity contribution < 1.29 is 4.42 Å². The van der Waals surface area contributed by atoms with Crippen LogP contribution in [0, 0.1) is 0 Å². The van der Waals surface area contributed by atoms with Crippen LogP contribution in [0.4, 0.5) is 11.6 Å². The average Bonchev–Trinajstić information content (AvgIpc) is 4.09. The van der Waals surface area contributed by atoms with Crippen molar-refractivity contribution in [2.24, 2.45) is 0 Å². The lowest BCUT2D eigenvalue weighted by Gasteiger charge is -2.23. The third kappa shape index (κ3) is 5.27. The number of para-hydroxylation sites is 2. The highest BCUT2D eigenvalue weighted by molar-refractivity contribution is 6.15. The Morgan fingerprint density at radius 2 is 1.32 bits per heavy atom. The molecule has 3 aliphatic rings. The van der Waals surface area contributed by atoms with Gasteiger partial charge in [-0.05, 0) is 100.0 Å². The van der Waals surface area contributed by atoms with Gasteiger partial charge in [0.1, 0.15) is 11.2 Å². The minimum atomic E-state index is -0.160. The molecule has 6 heteroatoms. The number of hydrogen-bond acceptors (Lipinski definition) is 5. The minimum absolute atomic E-state index is 0.160. The van der Waals surface area contributed by atoms with Gasteiger partial charge in [0.25, 0.3) is 0 Å². The maximum Gasteiger partial charge on any atom is 0.238 e. The lowest BCUT2D eigenvalue weighted by atomic mass is 9.80. The Kier molecular flexibility index (Phi) is 7.76. The summed E-state index contributed by atoms with van der Waals surface area (Å²) in [5.74, 6) is 1.98. The number of rotatable bonds is 5. The Bertz CT molecular complexity index is 3910. The molecule has 66 heavy (non-hydrogen) atoms. The number of furan rings is 1. The van der Waals surface area contributed by atoms with Crippen LogP contribution in [-0.2, 0) is 5.41 Å². The topological polar surface area (TPSA) is 60.0 Å². The normalized spacial score (nSPS) is 15.6. The van der Waals surface area contributed by atoms with Gasteiger partial charge in [0.05, 0.1) is 16.7 Å². The highest BCUT2D eigenvalue weighted by Crippen LogP contribution is 2.54. The molecule has 0 N–H and O–H groups in total. The summed E-state index contributed by atoms with van der Waals surface area (Å²) < 4.78 is 9.04. The summed E-state index contributed by atoms with van der Waals surface area (Å²) in [6.45, 7) is 4.74. The van der Waals surface area contributed by atoms with E-state index in [2.05, 4.69) is 211 Å². The predicted octanol–water partition coefficient (Wildman–Crippen LogP) is 15.3. The summed E-state index contributed by atoms with van der Waals surface area (Å²) in [6.07, 6.45) is 7.53. The molecule has 0 bridgehead atoms. The number of benzene rings is 8. The summed E-state index contributed by atoms with van der Waals surface area (Å²) >= 11 is 0. The fourth-order valence-corrected chi connectivity index (χ4v) is 11.4. The number of hydrogen-bond donors (Lipinski definition) is 0. The second-order valence-electron chi connectivity index (χ2n) is 18.3. The molecule has 0 saturated carbocycles. The van der Waals surface area contributed by atoms with Crippen molar-refractivity contribution in [2.75, 3.05) is 4.90 Å². The van der Waals surface area contributed by atoms with Gasteiger partial charge in [0.15, 0.2) is 11.6 Å². The molecule has 6 nitrogen and oxygen atoms in total. The quantitative estimate of drug-likeness (QED) is 0.173. The molecular weight excluding hydrogens is 807 g/mol. The van der Waals surface area contributed by atoms with Crippen LogP contribution < -0.4 is 4.90 Å². The molecule has 1 aliphatic heterocycles. The molecule has 0 saturated heterocycles. The van der Waals surface area contributed by atoms with Gasteiger partial charge in [0, 0.05) is 55.4 Å². The first-order chi connectivity index (χ1) is 32.5. The van der Waals surface area contributed by atoms with E-state index in [1.807, 2.05) is 6.07 Å². The fourth-order valence-electron chi connectivity index (χ4n) is 11.4. The standard InChI is InChI=1S/C60H41N5O/c1-60(2)47-25-10-6-20-41(47)44-32-33-51-55(56(44)60)45-23-9-13-28-50(45)64(51)39-19-14-18-37(34-39)57-61-58(63-59(62-57)65-48-26-11-7-21-42(48)43-22-8-12-27-49(43)65)38-30-31-46-53(35-38)66-52-29-15-24-40(54(46)52)36-16-4-3-5-17-36/h3-21,23-35,43H,22H2,1-2H3. The number of nitrogens with zero attached hydrogens (tertiary/aromatic N) is 5. The second-order valence-corrected chi connectivity index (χ2v) is 18.3. The van der Waals surface area contributed by atoms with Crippen molar-refractivity contribution in [2.45, 2.75) is 31.6 Å². The number of fused-ring (bicyclic) bond motifs is 13. The summed E-state index contributed by atoms with van der Waals surface area (Å²) in [5, 5.41) is 4.69. The molecule has 0 radical (unpaired) electrons. The molecule has 0 spiro atoms. The molecule has 4 heterocycles. The predicted molar refractivity (Wildman–Crippen MR) is 268 cm³/mol. The molecule has 1 atom stereocenters. The van der Waals surface area contributed by atoms with E-state index in [1.165, 1.54) is 49.8 Å². The summed E-state index contributed by atoms with van der Waals surface area (Å²) in [7, 11) is 0. The van der Waals surface area contributed by atoms with Crippen LogP contribution >= 0.6 is 0 Å². The maximum atomic E-state index is 6.62. The average molecular weight is 848 g/mol. The first kappa shape index (κ1) is 37.1. The monoisotopic (exact) mass is 847 g/mol. The van der Waals surface area contributed by atoms with E-state index in [4.69, 9.17) is 19.4 Å². The van der Waals surface area contributed by atoms with Gasteiger partial charge in [-0.25, -0.2) is 4.98 Å². The molecule has 0 fully saturated rings. The van der Waals surface area contributed by atoms with E-state index in [0.29, 0.717) is 17.6 Å². The molecule has 1 unspecified atom stereocenters. The summed E-state index contributed by atoms with van der Waals surface area (Å²) in [5.41, 5.74) is 17.8. The molecule has 3 aromatic heterocycles. The van der Waals surface area contributed by atoms with Crippen molar-refractivity contribution in [1.82, 2.24) is 19.5 Å². The zero-order valence-electron chi connectivity index (χ0n) is 36.4. The molecule has 8 aromatic carbocycles. The Morgan fingerprint density at radius 3 is 2.23 bits per heavy atom. The van der Waals surface area contributed by atoms with Gasteiger partial charge in [0.2, 0.25) is 5.95 Å². The van der Waals surface area contributed by atoms with E-state index < -0.39 is 0 Å². The summed E-state index contributed by atoms with van der Waals surface area (Å²) in [6, 6.07) is 62.8. The zero-order valence-corrected chi connectivity index (χ0v) is 36.4. The lowest BCUT2D eigenvalue weighted by Crippen LogP contribution is -2.18. The lowest BCUT2D eigenvalue weighted by molar-refractivity contribution is 0.666.